The molecule has 0 aliphatic rings. The summed E-state index contributed by atoms with van der Waals surface area (Å²) in [5, 5.41) is 3.07. The Morgan fingerprint density at radius 1 is 0.905 bits per heavy atom. The number of hydrogen-bond donors (Lipinski definition) is 3. The fourth-order valence-electron chi connectivity index (χ4n) is 2.11. The fraction of sp³-hybridized carbons (Fsp3) is 0.0625. The second kappa shape index (κ2) is 5.58. The summed E-state index contributed by atoms with van der Waals surface area (Å²) in [5.74, 6) is 0. The van der Waals surface area contributed by atoms with Crippen molar-refractivity contribution in [3.63, 3.8) is 0 Å². The lowest BCUT2D eigenvalue weighted by Crippen LogP contribution is -2.20. The van der Waals surface area contributed by atoms with Gasteiger partial charge in [0, 0.05) is 0 Å². The molecule has 0 spiro atoms. The molecule has 5 nitrogen and oxygen atoms in total. The van der Waals surface area contributed by atoms with Crippen LogP contribution >= 0.6 is 0 Å². The molecule has 21 heavy (non-hydrogen) atoms. The van der Waals surface area contributed by atoms with Crippen LogP contribution in [0.5, 0.6) is 0 Å². The first-order chi connectivity index (χ1) is 10.3. The van der Waals surface area contributed by atoms with Gasteiger partial charge in [-0.2, -0.15) is 0 Å². The second-order valence-corrected chi connectivity index (χ2v) is 4.70. The fourth-order valence-corrected chi connectivity index (χ4v) is 2.11. The molecule has 0 unspecified atom stereocenters. The summed E-state index contributed by atoms with van der Waals surface area (Å²) in [4.78, 5) is 12.4. The highest BCUT2D eigenvalue weighted by molar-refractivity contribution is 5.54. The molecular formula is C16H16N4O. The van der Waals surface area contributed by atoms with Crippen LogP contribution in [0, 0.1) is 6.92 Å². The van der Waals surface area contributed by atoms with Crippen LogP contribution in [-0.2, 0) is 0 Å². The number of anilines is 2. The molecule has 1 aromatic heterocycles. The molecule has 5 heteroatoms. The van der Waals surface area contributed by atoms with E-state index in [1.54, 1.807) is 0 Å². The lowest BCUT2D eigenvalue weighted by atomic mass is 10.3. The molecule has 0 fully saturated rings. The molecule has 2 aromatic carbocycles. The van der Waals surface area contributed by atoms with E-state index in [9.17, 15) is 4.79 Å². The molecule has 3 aromatic rings. The van der Waals surface area contributed by atoms with Crippen molar-refractivity contribution in [1.82, 2.24) is 9.78 Å². The van der Waals surface area contributed by atoms with Crippen molar-refractivity contribution in [3.05, 3.63) is 76.7 Å². The molecule has 0 atom stereocenters. The van der Waals surface area contributed by atoms with E-state index in [-0.39, 0.29) is 5.56 Å². The van der Waals surface area contributed by atoms with Crippen molar-refractivity contribution < 1.29 is 0 Å². The van der Waals surface area contributed by atoms with Crippen LogP contribution in [-0.4, -0.2) is 9.78 Å². The Kier molecular flexibility index (Phi) is 3.47. The highest BCUT2D eigenvalue weighted by atomic mass is 16.1. The van der Waals surface area contributed by atoms with Crippen LogP contribution in [0.25, 0.3) is 5.69 Å². The van der Waals surface area contributed by atoms with Gasteiger partial charge in [0.05, 0.1) is 17.1 Å². The van der Waals surface area contributed by atoms with E-state index in [4.69, 9.17) is 0 Å². The molecule has 106 valence electrons. The normalized spacial score (nSPS) is 10.3. The van der Waals surface area contributed by atoms with Crippen LogP contribution in [0.1, 0.15) is 5.69 Å². The maximum absolute atomic E-state index is 12.4. The van der Waals surface area contributed by atoms with Gasteiger partial charge in [0.15, 0.2) is 0 Å². The molecule has 1 heterocycles. The predicted molar refractivity (Wildman–Crippen MR) is 84.8 cm³/mol. The largest absolute Gasteiger partial charge is 0.301 e. The smallest absolute Gasteiger partial charge is 0.296 e. The number of aromatic nitrogens is 2. The van der Waals surface area contributed by atoms with Gasteiger partial charge in [-0.25, -0.2) is 4.68 Å². The number of aryl methyl sites for hydroxylation is 1. The molecular weight excluding hydrogens is 264 g/mol. The molecule has 0 aliphatic heterocycles. The van der Waals surface area contributed by atoms with Gasteiger partial charge >= 0.3 is 0 Å². The summed E-state index contributed by atoms with van der Waals surface area (Å²) in [6.45, 7) is 1.86. The van der Waals surface area contributed by atoms with Crippen LogP contribution in [0.4, 0.5) is 11.4 Å². The summed E-state index contributed by atoms with van der Waals surface area (Å²) in [7, 11) is 0. The topological polar surface area (TPSA) is 61.9 Å². The Morgan fingerprint density at radius 2 is 1.52 bits per heavy atom. The first kappa shape index (κ1) is 13.1. The van der Waals surface area contributed by atoms with E-state index in [1.807, 2.05) is 67.6 Å². The summed E-state index contributed by atoms with van der Waals surface area (Å²) in [6, 6.07) is 19.1. The summed E-state index contributed by atoms with van der Waals surface area (Å²) >= 11 is 0. The highest BCUT2D eigenvalue weighted by Crippen LogP contribution is 2.12. The molecule has 0 aliphatic carbocycles. The highest BCUT2D eigenvalue weighted by Gasteiger charge is 2.11. The second-order valence-electron chi connectivity index (χ2n) is 4.70. The monoisotopic (exact) mass is 280 g/mol. The summed E-state index contributed by atoms with van der Waals surface area (Å²) in [5.41, 5.74) is 8.84. The number of rotatable bonds is 4. The third-order valence-electron chi connectivity index (χ3n) is 3.19. The number of para-hydroxylation sites is 2. The third kappa shape index (κ3) is 2.67. The molecule has 0 amide bonds. The van der Waals surface area contributed by atoms with Crippen molar-refractivity contribution in [2.45, 2.75) is 6.92 Å². The minimum atomic E-state index is -0.123. The number of benzene rings is 2. The van der Waals surface area contributed by atoms with Gasteiger partial charge in [-0.05, 0) is 31.2 Å². The lowest BCUT2D eigenvalue weighted by molar-refractivity contribution is 0.835. The van der Waals surface area contributed by atoms with Gasteiger partial charge in [0.1, 0.15) is 5.69 Å². The zero-order chi connectivity index (χ0) is 14.7. The average molecular weight is 280 g/mol. The van der Waals surface area contributed by atoms with E-state index in [2.05, 4.69) is 16.0 Å². The molecule has 0 radical (unpaired) electrons. The minimum absolute atomic E-state index is 0.123. The molecule has 0 bridgehead atoms. The number of aromatic amines is 1. The van der Waals surface area contributed by atoms with E-state index < -0.39 is 0 Å². The number of nitrogens with one attached hydrogen (secondary N) is 3. The molecule has 0 saturated carbocycles. The molecule has 3 N–H and O–H groups in total. The standard InChI is InChI=1S/C16H16N4O/c1-12-15(18-17-13-8-4-2-5-9-13)16(21)20(19-12)14-10-6-3-7-11-14/h2-11,17-19H,1H3. The Morgan fingerprint density at radius 3 is 2.19 bits per heavy atom. The quantitative estimate of drug-likeness (QED) is 0.644. The maximum atomic E-state index is 12.4. The number of nitrogens with zero attached hydrogens (tertiary/aromatic N) is 1. The summed E-state index contributed by atoms with van der Waals surface area (Å²) < 4.78 is 1.52. The number of hydrazine groups is 1. The Hall–Kier alpha value is -2.95. The van der Waals surface area contributed by atoms with Gasteiger partial charge in [0.2, 0.25) is 0 Å². The van der Waals surface area contributed by atoms with Gasteiger partial charge < -0.3 is 5.43 Å². The lowest BCUT2D eigenvalue weighted by Gasteiger charge is -2.07. The average Bonchev–Trinajstić information content (AvgIpc) is 2.82. The SMILES string of the molecule is Cc1[nH]n(-c2ccccc2)c(=O)c1NNc1ccccc1. The maximum Gasteiger partial charge on any atom is 0.296 e. The Labute approximate surface area is 122 Å². The van der Waals surface area contributed by atoms with Gasteiger partial charge in [-0.1, -0.05) is 36.4 Å². The van der Waals surface area contributed by atoms with Crippen molar-refractivity contribution in [2.75, 3.05) is 10.9 Å². The van der Waals surface area contributed by atoms with Gasteiger partial charge in [-0.15, -0.1) is 0 Å². The zero-order valence-electron chi connectivity index (χ0n) is 11.6. The van der Waals surface area contributed by atoms with Crippen LogP contribution in [0.15, 0.2) is 65.5 Å². The van der Waals surface area contributed by atoms with Gasteiger partial charge in [-0.3, -0.25) is 15.3 Å². The summed E-state index contributed by atoms with van der Waals surface area (Å²) in [6.07, 6.45) is 0. The van der Waals surface area contributed by atoms with Crippen molar-refractivity contribution >= 4 is 11.4 Å². The van der Waals surface area contributed by atoms with Crippen LogP contribution in [0.3, 0.4) is 0 Å². The van der Waals surface area contributed by atoms with Crippen molar-refractivity contribution in [3.8, 4) is 5.69 Å². The van der Waals surface area contributed by atoms with E-state index in [0.29, 0.717) is 5.69 Å². The first-order valence-electron chi connectivity index (χ1n) is 6.70. The zero-order valence-corrected chi connectivity index (χ0v) is 11.6. The van der Waals surface area contributed by atoms with Gasteiger partial charge in [0.25, 0.3) is 5.56 Å². The predicted octanol–water partition coefficient (Wildman–Crippen LogP) is 2.91. The minimum Gasteiger partial charge on any atom is -0.301 e. The van der Waals surface area contributed by atoms with E-state index >= 15 is 0 Å². The van der Waals surface area contributed by atoms with E-state index in [0.717, 1.165) is 17.1 Å². The molecule has 0 saturated heterocycles. The number of hydrogen-bond acceptors (Lipinski definition) is 3. The Balaban J connectivity index is 1.87. The molecule has 3 rings (SSSR count). The van der Waals surface area contributed by atoms with Crippen LogP contribution in [0.2, 0.25) is 0 Å². The number of H-pyrrole nitrogens is 1. The Bertz CT molecular complexity index is 775. The third-order valence-corrected chi connectivity index (χ3v) is 3.19. The van der Waals surface area contributed by atoms with E-state index in [1.165, 1.54) is 4.68 Å². The first-order valence-corrected chi connectivity index (χ1v) is 6.70. The van der Waals surface area contributed by atoms with Crippen molar-refractivity contribution in [2.24, 2.45) is 0 Å². The van der Waals surface area contributed by atoms with Crippen molar-refractivity contribution in [1.29, 1.82) is 0 Å². The van der Waals surface area contributed by atoms with Crippen LogP contribution < -0.4 is 16.4 Å².